The van der Waals surface area contributed by atoms with Crippen LogP contribution < -0.4 is 5.32 Å². The second-order valence-corrected chi connectivity index (χ2v) is 4.43. The maximum atomic E-state index is 10.7. The van der Waals surface area contributed by atoms with Gasteiger partial charge in [-0.25, -0.2) is 0 Å². The molecule has 0 bridgehead atoms. The number of carbonyl (C=O) groups is 1. The Labute approximate surface area is 120 Å². The molecule has 2 N–H and O–H groups in total. The summed E-state index contributed by atoms with van der Waals surface area (Å²) in [6.45, 7) is 2.33. The van der Waals surface area contributed by atoms with Crippen LogP contribution in [0.5, 0.6) is 5.75 Å². The van der Waals surface area contributed by atoms with E-state index in [1.165, 1.54) is 19.2 Å². The van der Waals surface area contributed by atoms with Crippen molar-refractivity contribution in [2.24, 2.45) is 4.99 Å². The number of amides is 1. The smallest absolute Gasteiger partial charge is 0.312 e. The van der Waals surface area contributed by atoms with Gasteiger partial charge in [-0.1, -0.05) is 11.6 Å². The molecule has 0 aliphatic rings. The summed E-state index contributed by atoms with van der Waals surface area (Å²) in [6, 6.07) is 2.46. The minimum absolute atomic E-state index is 0.114. The average molecular weight is 300 g/mol. The van der Waals surface area contributed by atoms with Crippen LogP contribution in [-0.2, 0) is 4.79 Å². The number of phenols is 1. The number of halogens is 1. The fraction of sp³-hybridized carbons (Fsp3) is 0.333. The standard InChI is InChI=1S/C12H14ClN3O4/c1-8(17)15-4-2-3-14-7-9-5-10(13)6-11(12(9)18)16(19)20/h5-7,18H,2-4H2,1H3,(H,15,17). The van der Waals surface area contributed by atoms with Gasteiger partial charge in [0.1, 0.15) is 0 Å². The zero-order valence-electron chi connectivity index (χ0n) is 10.8. The fourth-order valence-electron chi connectivity index (χ4n) is 1.44. The van der Waals surface area contributed by atoms with Gasteiger partial charge in [0.05, 0.1) is 4.92 Å². The summed E-state index contributed by atoms with van der Waals surface area (Å²) >= 11 is 5.74. The lowest BCUT2D eigenvalue weighted by Crippen LogP contribution is -2.21. The molecule has 0 aromatic heterocycles. The van der Waals surface area contributed by atoms with Crippen molar-refractivity contribution in [2.75, 3.05) is 13.1 Å². The zero-order chi connectivity index (χ0) is 15.1. The van der Waals surface area contributed by atoms with E-state index in [9.17, 15) is 20.0 Å². The van der Waals surface area contributed by atoms with Crippen LogP contribution in [0.1, 0.15) is 18.9 Å². The molecule has 0 aliphatic carbocycles. The van der Waals surface area contributed by atoms with Crippen LogP contribution in [-0.4, -0.2) is 35.2 Å². The highest BCUT2D eigenvalue weighted by molar-refractivity contribution is 6.31. The number of nitrogens with zero attached hydrogens (tertiary/aromatic N) is 2. The first-order valence-corrected chi connectivity index (χ1v) is 6.20. The summed E-state index contributed by atoms with van der Waals surface area (Å²) < 4.78 is 0. The van der Waals surface area contributed by atoms with Crippen molar-refractivity contribution in [2.45, 2.75) is 13.3 Å². The van der Waals surface area contributed by atoms with E-state index in [0.717, 1.165) is 6.07 Å². The number of aromatic hydroxyl groups is 1. The Bertz CT molecular complexity index is 546. The van der Waals surface area contributed by atoms with Crippen LogP contribution >= 0.6 is 11.6 Å². The fourth-order valence-corrected chi connectivity index (χ4v) is 1.66. The molecule has 0 radical (unpaired) electrons. The Morgan fingerprint density at radius 2 is 2.30 bits per heavy atom. The largest absolute Gasteiger partial charge is 0.502 e. The van der Waals surface area contributed by atoms with Gasteiger partial charge in [-0.3, -0.25) is 19.9 Å². The number of rotatable bonds is 6. The maximum absolute atomic E-state index is 10.7. The molecule has 20 heavy (non-hydrogen) atoms. The number of phenolic OH excluding ortho intramolecular Hbond substituents is 1. The zero-order valence-corrected chi connectivity index (χ0v) is 11.6. The lowest BCUT2D eigenvalue weighted by molar-refractivity contribution is -0.385. The summed E-state index contributed by atoms with van der Waals surface area (Å²) in [7, 11) is 0. The normalized spacial score (nSPS) is 10.7. The van der Waals surface area contributed by atoms with Gasteiger partial charge in [0.2, 0.25) is 11.7 Å². The van der Waals surface area contributed by atoms with Crippen LogP contribution in [0, 0.1) is 10.1 Å². The van der Waals surface area contributed by atoms with E-state index in [1.54, 1.807) is 0 Å². The van der Waals surface area contributed by atoms with Crippen LogP contribution in [0.15, 0.2) is 17.1 Å². The molecule has 108 valence electrons. The maximum Gasteiger partial charge on any atom is 0.312 e. The summed E-state index contributed by atoms with van der Waals surface area (Å²) in [6.07, 6.45) is 1.95. The van der Waals surface area contributed by atoms with Crippen LogP contribution in [0.2, 0.25) is 5.02 Å². The lowest BCUT2D eigenvalue weighted by Gasteiger charge is -2.02. The molecule has 0 saturated carbocycles. The van der Waals surface area contributed by atoms with Crippen molar-refractivity contribution >= 4 is 29.4 Å². The van der Waals surface area contributed by atoms with Crippen molar-refractivity contribution in [3.05, 3.63) is 32.8 Å². The number of benzene rings is 1. The van der Waals surface area contributed by atoms with Crippen LogP contribution in [0.4, 0.5) is 5.69 Å². The predicted molar refractivity (Wildman–Crippen MR) is 75.5 cm³/mol. The number of nitrogens with one attached hydrogen (secondary N) is 1. The van der Waals surface area contributed by atoms with Crippen molar-refractivity contribution < 1.29 is 14.8 Å². The van der Waals surface area contributed by atoms with Gasteiger partial charge in [0.15, 0.2) is 0 Å². The molecule has 1 aromatic rings. The monoisotopic (exact) mass is 299 g/mol. The molecular weight excluding hydrogens is 286 g/mol. The Hall–Kier alpha value is -2.15. The first-order valence-electron chi connectivity index (χ1n) is 5.83. The Balaban J connectivity index is 2.68. The molecule has 0 unspecified atom stereocenters. The molecule has 0 heterocycles. The SMILES string of the molecule is CC(=O)NCCCN=Cc1cc(Cl)cc([N+](=O)[O-])c1O. The number of carbonyl (C=O) groups excluding carboxylic acids is 1. The van der Waals surface area contributed by atoms with Gasteiger partial charge in [-0.15, -0.1) is 0 Å². The Kier molecular flexibility index (Phi) is 5.92. The highest BCUT2D eigenvalue weighted by atomic mass is 35.5. The number of hydrogen-bond acceptors (Lipinski definition) is 5. The molecule has 1 aromatic carbocycles. The third-order valence-electron chi connectivity index (χ3n) is 2.35. The van der Waals surface area contributed by atoms with Gasteiger partial charge >= 0.3 is 5.69 Å². The van der Waals surface area contributed by atoms with E-state index in [-0.39, 0.29) is 16.5 Å². The molecule has 1 rings (SSSR count). The van der Waals surface area contributed by atoms with Gasteiger partial charge in [0, 0.05) is 42.9 Å². The van der Waals surface area contributed by atoms with E-state index in [2.05, 4.69) is 10.3 Å². The van der Waals surface area contributed by atoms with Crippen molar-refractivity contribution in [3.8, 4) is 5.75 Å². The minimum atomic E-state index is -0.713. The average Bonchev–Trinajstić information content (AvgIpc) is 2.36. The summed E-state index contributed by atoms with van der Waals surface area (Å²) in [4.78, 5) is 24.6. The van der Waals surface area contributed by atoms with E-state index >= 15 is 0 Å². The third-order valence-corrected chi connectivity index (χ3v) is 2.57. The topological polar surface area (TPSA) is 105 Å². The number of nitro benzene ring substituents is 1. The van der Waals surface area contributed by atoms with E-state index in [0.29, 0.717) is 19.5 Å². The van der Waals surface area contributed by atoms with E-state index < -0.39 is 16.4 Å². The van der Waals surface area contributed by atoms with E-state index in [4.69, 9.17) is 11.6 Å². The van der Waals surface area contributed by atoms with Gasteiger partial charge in [-0.05, 0) is 12.5 Å². The van der Waals surface area contributed by atoms with Crippen LogP contribution in [0.3, 0.4) is 0 Å². The quantitative estimate of drug-likeness (QED) is 0.362. The number of nitro groups is 1. The molecule has 0 fully saturated rings. The molecule has 0 spiro atoms. The van der Waals surface area contributed by atoms with Gasteiger partial charge < -0.3 is 10.4 Å². The van der Waals surface area contributed by atoms with Crippen LogP contribution in [0.25, 0.3) is 0 Å². The molecular formula is C12H14ClN3O4. The highest BCUT2D eigenvalue weighted by Gasteiger charge is 2.17. The van der Waals surface area contributed by atoms with Crippen molar-refractivity contribution in [1.29, 1.82) is 0 Å². The first kappa shape index (κ1) is 15.9. The molecule has 7 nitrogen and oxygen atoms in total. The summed E-state index contributed by atoms with van der Waals surface area (Å²) in [5, 5.41) is 23.2. The van der Waals surface area contributed by atoms with Gasteiger partial charge in [0.25, 0.3) is 0 Å². The molecule has 0 aliphatic heterocycles. The lowest BCUT2D eigenvalue weighted by atomic mass is 10.2. The van der Waals surface area contributed by atoms with E-state index in [1.807, 2.05) is 0 Å². The molecule has 1 amide bonds. The molecule has 0 atom stereocenters. The predicted octanol–water partition coefficient (Wildman–Crippen LogP) is 1.90. The minimum Gasteiger partial charge on any atom is -0.502 e. The summed E-state index contributed by atoms with van der Waals surface area (Å²) in [5.74, 6) is -0.581. The Morgan fingerprint density at radius 1 is 1.60 bits per heavy atom. The van der Waals surface area contributed by atoms with Gasteiger partial charge in [-0.2, -0.15) is 0 Å². The number of aliphatic imine (C=N–C) groups is 1. The third kappa shape index (κ3) is 4.85. The van der Waals surface area contributed by atoms with Crippen molar-refractivity contribution in [3.63, 3.8) is 0 Å². The Morgan fingerprint density at radius 3 is 2.90 bits per heavy atom. The number of hydrogen-bond donors (Lipinski definition) is 2. The summed E-state index contributed by atoms with van der Waals surface area (Å²) in [5.41, 5.74) is -0.277. The first-order chi connectivity index (χ1) is 9.41. The second-order valence-electron chi connectivity index (χ2n) is 3.99. The molecule has 0 saturated heterocycles. The second kappa shape index (κ2) is 7.44. The molecule has 8 heteroatoms. The highest BCUT2D eigenvalue weighted by Crippen LogP contribution is 2.32. The van der Waals surface area contributed by atoms with Crippen molar-refractivity contribution in [1.82, 2.24) is 5.32 Å².